The second kappa shape index (κ2) is 26.6. The third-order valence-corrected chi connectivity index (χ3v) is 10.3. The van der Waals surface area contributed by atoms with E-state index in [1.165, 1.54) is 0 Å². The van der Waals surface area contributed by atoms with Gasteiger partial charge < -0.3 is 60.8 Å². The molecule has 0 fully saturated rings. The Morgan fingerprint density at radius 2 is 0.647 bits per heavy atom. The molecular formula is C48H72N12O8+4. The van der Waals surface area contributed by atoms with E-state index in [1.807, 2.05) is 76.2 Å². The number of rotatable bonds is 24. The van der Waals surface area contributed by atoms with E-state index in [2.05, 4.69) is 31.4 Å². The first-order valence-corrected chi connectivity index (χ1v) is 22.9. The van der Waals surface area contributed by atoms with E-state index < -0.39 is 0 Å². The number of ether oxygens (including phenoxy) is 8. The minimum absolute atomic E-state index is 0.117. The first-order chi connectivity index (χ1) is 32.8. The quantitative estimate of drug-likeness (QED) is 0.0189. The molecule has 8 bridgehead atoms. The van der Waals surface area contributed by atoms with Crippen molar-refractivity contribution in [2.45, 2.75) is 53.4 Å². The van der Waals surface area contributed by atoms with Gasteiger partial charge in [0, 0.05) is 96.6 Å². The number of nitrogens with two attached hydrogens (primary N) is 6. The second-order valence-electron chi connectivity index (χ2n) is 15.7. The van der Waals surface area contributed by atoms with Crippen LogP contribution < -0.4 is 74.8 Å². The van der Waals surface area contributed by atoms with Crippen LogP contribution in [0.5, 0.6) is 23.0 Å². The molecule has 20 N–H and O–H groups in total. The van der Waals surface area contributed by atoms with Crippen LogP contribution in [0.3, 0.4) is 0 Å². The molecule has 0 aliphatic heterocycles. The Hall–Kier alpha value is -6.68. The molecule has 0 amide bonds. The van der Waals surface area contributed by atoms with Crippen molar-refractivity contribution >= 4 is 46.6 Å². The maximum atomic E-state index is 6.76. The topological polar surface area (TPSA) is 338 Å². The van der Waals surface area contributed by atoms with Gasteiger partial charge >= 0.3 is 11.9 Å². The van der Waals surface area contributed by atoms with Gasteiger partial charge in [0.1, 0.15) is 60.8 Å². The standard InChI is InChI=1S/C48H68N12O8/c1-5-61-9-13-65-41-29-17-31-23-38(58-46(51)52)25-33(42(31)66-14-10-62-6-2)19-35-27-40(60-48(55)56)28-36(44(35)68-16-12-64-8-4)20-34-26-39(59-47(53)54)24-32(43(34)67-15-11-63-7-3)18-30(41)22-37(21-29)57-45(49)50/h21-28H,5-20H2,1-4H3,(H4,49,50,57)(H4,51,52,58)(H4,53,54,59)(H4,55,56,60)/p+4. The fourth-order valence-corrected chi connectivity index (χ4v) is 7.92. The third-order valence-electron chi connectivity index (χ3n) is 10.3. The van der Waals surface area contributed by atoms with Crippen molar-refractivity contribution < 1.29 is 59.3 Å². The summed E-state index contributed by atoms with van der Waals surface area (Å²) in [6.45, 7) is 12.3. The highest BCUT2D eigenvalue weighted by Crippen LogP contribution is 2.42. The van der Waals surface area contributed by atoms with Gasteiger partial charge in [0.2, 0.25) is 0 Å². The van der Waals surface area contributed by atoms with E-state index in [0.29, 0.717) is 105 Å². The highest BCUT2D eigenvalue weighted by molar-refractivity contribution is 5.80. The molecular weight excluding hydrogens is 873 g/mol. The van der Waals surface area contributed by atoms with Crippen LogP contribution in [0.2, 0.25) is 0 Å². The number of fused-ring (bicyclic) bond motifs is 8. The molecule has 0 radical (unpaired) electrons. The summed E-state index contributed by atoms with van der Waals surface area (Å²) in [5.74, 6) is 2.71. The van der Waals surface area contributed by atoms with Crippen LogP contribution in [0.25, 0.3) is 0 Å². The number of nitrogens with zero attached hydrogens (tertiary/aromatic N) is 2. The molecule has 0 heterocycles. The summed E-state index contributed by atoms with van der Waals surface area (Å²) >= 11 is 0. The lowest BCUT2D eigenvalue weighted by Gasteiger charge is -2.24. The zero-order valence-electron chi connectivity index (χ0n) is 40.0. The minimum Gasteiger partial charge on any atom is -0.491 e. The Kier molecular flexibility index (Phi) is 20.5. The first kappa shape index (κ1) is 52.3. The predicted molar refractivity (Wildman–Crippen MR) is 261 cm³/mol. The van der Waals surface area contributed by atoms with Gasteiger partial charge in [-0.15, -0.1) is 0 Å². The Morgan fingerprint density at radius 1 is 0.412 bits per heavy atom. The van der Waals surface area contributed by atoms with Gasteiger partial charge in [-0.2, -0.15) is 9.98 Å². The average molecular weight is 945 g/mol. The number of nitrogens with one attached hydrogen (secondary N) is 2. The van der Waals surface area contributed by atoms with Gasteiger partial charge in [-0.05, 0) is 76.2 Å². The maximum Gasteiger partial charge on any atom is 0.439 e. The lowest BCUT2D eigenvalue weighted by molar-refractivity contribution is -0.427. The molecule has 0 saturated carbocycles. The first-order valence-electron chi connectivity index (χ1n) is 22.9. The summed E-state index contributed by atoms with van der Waals surface area (Å²) in [5.41, 5.74) is 53.1. The Morgan fingerprint density at radius 3 is 0.853 bits per heavy atom. The largest absolute Gasteiger partial charge is 0.491 e. The zero-order valence-corrected chi connectivity index (χ0v) is 40.0. The smallest absolute Gasteiger partial charge is 0.439 e. The zero-order chi connectivity index (χ0) is 49.0. The average Bonchev–Trinajstić information content (AvgIpc) is 3.26. The van der Waals surface area contributed by atoms with Crippen molar-refractivity contribution in [2.24, 2.45) is 44.4 Å². The van der Waals surface area contributed by atoms with Crippen LogP contribution in [-0.2, 0) is 44.6 Å². The normalized spacial score (nSPS) is 12.6. The van der Waals surface area contributed by atoms with E-state index >= 15 is 0 Å². The van der Waals surface area contributed by atoms with Crippen LogP contribution in [0.4, 0.5) is 22.7 Å². The van der Waals surface area contributed by atoms with Crippen LogP contribution in [-0.4, -0.2) is 103 Å². The van der Waals surface area contributed by atoms with Gasteiger partial charge in [-0.1, -0.05) is 0 Å². The number of hydrogen-bond donors (Lipinski definition) is 10. The summed E-state index contributed by atoms with van der Waals surface area (Å²) in [5, 5.41) is 0. The van der Waals surface area contributed by atoms with Crippen LogP contribution in [0.1, 0.15) is 72.2 Å². The molecule has 5 rings (SSSR count). The Labute approximate surface area is 398 Å². The molecule has 4 aromatic rings. The SMILES string of the molecule is CCOCCOc1c2cc(N=C(N)N)cc1Cc1cc([NH+]=C(N)[NH3+])cc(c1OCCOCC)Cc1cc([NH+]=C(N)[NH3+])cc(c1OCCOCC)Cc1cc(N=C(N)N)cc(c1OCCOCC)C2. The van der Waals surface area contributed by atoms with Crippen molar-refractivity contribution in [1.82, 2.24) is 0 Å². The second-order valence-corrected chi connectivity index (χ2v) is 15.7. The van der Waals surface area contributed by atoms with Gasteiger partial charge in [-0.3, -0.25) is 11.5 Å². The summed E-state index contributed by atoms with van der Waals surface area (Å²) in [6.07, 6.45) is 1.12. The predicted octanol–water partition coefficient (Wildman–Crippen LogP) is -1.63. The molecule has 0 unspecified atom stereocenters. The highest BCUT2D eigenvalue weighted by atomic mass is 16.5. The van der Waals surface area contributed by atoms with E-state index in [0.717, 1.165) is 44.5 Å². The number of quaternary nitrogens is 2. The number of benzene rings is 4. The number of aliphatic imine (C=N–C) groups is 2. The van der Waals surface area contributed by atoms with Crippen molar-refractivity contribution in [2.75, 3.05) is 79.3 Å². The number of guanidine groups is 4. The molecule has 0 aromatic heterocycles. The van der Waals surface area contributed by atoms with Crippen molar-refractivity contribution in [3.05, 3.63) is 93.0 Å². The summed E-state index contributed by atoms with van der Waals surface area (Å²) < 4.78 is 50.0. The molecule has 20 nitrogen and oxygen atoms in total. The van der Waals surface area contributed by atoms with Crippen LogP contribution >= 0.6 is 0 Å². The molecule has 368 valence electrons. The van der Waals surface area contributed by atoms with Crippen molar-refractivity contribution in [3.63, 3.8) is 0 Å². The molecule has 0 atom stereocenters. The molecule has 4 aromatic carbocycles. The van der Waals surface area contributed by atoms with E-state index in [9.17, 15) is 0 Å². The summed E-state index contributed by atoms with van der Waals surface area (Å²) in [7, 11) is 0. The van der Waals surface area contributed by atoms with Crippen molar-refractivity contribution in [1.29, 1.82) is 0 Å². The van der Waals surface area contributed by atoms with E-state index in [-0.39, 0.29) is 69.5 Å². The number of hydrogen-bond acceptors (Lipinski definition) is 10. The molecule has 1 aliphatic rings. The van der Waals surface area contributed by atoms with Gasteiger partial charge in [0.25, 0.3) is 0 Å². The fraction of sp³-hybridized carbons (Fsp3) is 0.417. The van der Waals surface area contributed by atoms with Crippen LogP contribution in [0.15, 0.2) is 58.5 Å². The monoisotopic (exact) mass is 945 g/mol. The molecule has 20 heteroatoms. The lowest BCUT2D eigenvalue weighted by atomic mass is 9.90. The molecule has 68 heavy (non-hydrogen) atoms. The maximum absolute atomic E-state index is 6.76. The van der Waals surface area contributed by atoms with Gasteiger partial charge in [-0.25, -0.2) is 21.5 Å². The van der Waals surface area contributed by atoms with Gasteiger partial charge in [0.05, 0.1) is 37.8 Å². The highest BCUT2D eigenvalue weighted by Gasteiger charge is 2.26. The lowest BCUT2D eigenvalue weighted by Crippen LogP contribution is -2.85. The Bertz CT molecular complexity index is 2000. The minimum atomic E-state index is -0.117. The molecule has 1 aliphatic carbocycles. The summed E-state index contributed by atoms with van der Waals surface area (Å²) in [4.78, 5) is 15.6. The summed E-state index contributed by atoms with van der Waals surface area (Å²) in [6, 6.07) is 15.5. The molecule has 0 saturated heterocycles. The van der Waals surface area contributed by atoms with Gasteiger partial charge in [0.15, 0.2) is 11.9 Å². The third kappa shape index (κ3) is 15.7. The Balaban J connectivity index is 1.97. The molecule has 0 spiro atoms. The van der Waals surface area contributed by atoms with E-state index in [1.54, 1.807) is 0 Å². The van der Waals surface area contributed by atoms with Crippen molar-refractivity contribution in [3.8, 4) is 23.0 Å². The fourth-order valence-electron chi connectivity index (χ4n) is 7.92. The van der Waals surface area contributed by atoms with E-state index in [4.69, 9.17) is 72.3 Å². The van der Waals surface area contributed by atoms with Crippen LogP contribution in [0, 0.1) is 0 Å².